The molecule has 2 rings (SSSR count). The van der Waals surface area contributed by atoms with E-state index in [0.717, 1.165) is 44.2 Å². The second-order valence-corrected chi connectivity index (χ2v) is 6.88. The lowest BCUT2D eigenvalue weighted by Gasteiger charge is -2.31. The van der Waals surface area contributed by atoms with Crippen LogP contribution in [0.1, 0.15) is 65.2 Å². The maximum atomic E-state index is 12.4. The average Bonchev–Trinajstić information content (AvgIpc) is 2.48. The molecule has 1 heterocycles. The smallest absolute Gasteiger partial charge is 0.136 e. The molecule has 1 saturated heterocycles. The summed E-state index contributed by atoms with van der Waals surface area (Å²) in [5.41, 5.74) is 0. The Morgan fingerprint density at radius 3 is 2.53 bits per heavy atom. The summed E-state index contributed by atoms with van der Waals surface area (Å²) in [4.78, 5) is 12.4. The molecule has 2 nitrogen and oxygen atoms in total. The van der Waals surface area contributed by atoms with Gasteiger partial charge in [0, 0.05) is 12.3 Å². The third-order valence-electron chi connectivity index (χ3n) is 5.54. The first-order chi connectivity index (χ1) is 9.20. The van der Waals surface area contributed by atoms with Crippen molar-refractivity contribution in [3.8, 4) is 0 Å². The van der Waals surface area contributed by atoms with Crippen molar-refractivity contribution in [2.24, 2.45) is 23.7 Å². The van der Waals surface area contributed by atoms with Gasteiger partial charge in [-0.3, -0.25) is 4.79 Å². The average molecular weight is 265 g/mol. The molecule has 0 radical (unpaired) electrons. The van der Waals surface area contributed by atoms with Crippen molar-refractivity contribution in [1.29, 1.82) is 0 Å². The van der Waals surface area contributed by atoms with Crippen LogP contribution in [0.4, 0.5) is 0 Å². The third kappa shape index (κ3) is 4.30. The molecule has 1 aliphatic carbocycles. The summed E-state index contributed by atoms with van der Waals surface area (Å²) in [6, 6.07) is 0. The van der Waals surface area contributed by atoms with Crippen LogP contribution in [0.3, 0.4) is 0 Å². The Morgan fingerprint density at radius 2 is 1.95 bits per heavy atom. The maximum Gasteiger partial charge on any atom is 0.136 e. The van der Waals surface area contributed by atoms with Gasteiger partial charge in [-0.1, -0.05) is 20.3 Å². The molecule has 0 aromatic heterocycles. The zero-order valence-electron chi connectivity index (χ0n) is 12.8. The van der Waals surface area contributed by atoms with Gasteiger partial charge < -0.3 is 5.32 Å². The number of nitrogens with one attached hydrogen (secondary N) is 1. The van der Waals surface area contributed by atoms with E-state index < -0.39 is 0 Å². The number of rotatable bonds is 5. The van der Waals surface area contributed by atoms with E-state index in [1.165, 1.54) is 32.1 Å². The van der Waals surface area contributed by atoms with Crippen LogP contribution in [-0.2, 0) is 4.79 Å². The van der Waals surface area contributed by atoms with Gasteiger partial charge in [0.2, 0.25) is 0 Å². The number of Topliss-reactive ketones (excluding diaryl/α,β-unsaturated/α-hetero) is 1. The Bertz CT molecular complexity index is 275. The van der Waals surface area contributed by atoms with Gasteiger partial charge in [0.15, 0.2) is 0 Å². The first-order valence-corrected chi connectivity index (χ1v) is 8.44. The molecule has 0 spiro atoms. The minimum absolute atomic E-state index is 0.391. The predicted molar refractivity (Wildman–Crippen MR) is 80.1 cm³/mol. The molecule has 0 aromatic rings. The second-order valence-electron chi connectivity index (χ2n) is 6.88. The predicted octanol–water partition coefficient (Wildman–Crippen LogP) is 3.80. The summed E-state index contributed by atoms with van der Waals surface area (Å²) in [5, 5.41) is 3.47. The van der Waals surface area contributed by atoms with Crippen LogP contribution in [0.15, 0.2) is 0 Å². The number of carbonyl (C=O) groups is 1. The molecule has 1 aliphatic heterocycles. The topological polar surface area (TPSA) is 29.1 Å². The normalized spacial score (nSPS) is 33.9. The zero-order valence-corrected chi connectivity index (χ0v) is 12.8. The van der Waals surface area contributed by atoms with Crippen LogP contribution in [-0.4, -0.2) is 18.9 Å². The van der Waals surface area contributed by atoms with Crippen LogP contribution < -0.4 is 5.32 Å². The molecule has 0 bridgehead atoms. The zero-order chi connectivity index (χ0) is 13.7. The lowest BCUT2D eigenvalue weighted by atomic mass is 9.76. The fourth-order valence-corrected chi connectivity index (χ4v) is 3.91. The number of ketones is 1. The van der Waals surface area contributed by atoms with E-state index in [2.05, 4.69) is 19.2 Å². The Balaban J connectivity index is 1.74. The largest absolute Gasteiger partial charge is 0.316 e. The molecule has 1 N–H and O–H groups in total. The van der Waals surface area contributed by atoms with Crippen molar-refractivity contribution >= 4 is 5.78 Å². The van der Waals surface area contributed by atoms with Gasteiger partial charge in [-0.05, 0) is 69.4 Å². The van der Waals surface area contributed by atoms with E-state index >= 15 is 0 Å². The quantitative estimate of drug-likeness (QED) is 0.819. The molecule has 2 fully saturated rings. The van der Waals surface area contributed by atoms with Gasteiger partial charge in [0.25, 0.3) is 0 Å². The standard InChI is InChI=1S/C17H31NO/c1-3-14-6-8-15(9-7-14)17(19)11-13(2)16-5-4-10-18-12-16/h13-16,18H,3-12H2,1-2H3. The van der Waals surface area contributed by atoms with E-state index in [9.17, 15) is 4.79 Å². The molecule has 2 aliphatic rings. The maximum absolute atomic E-state index is 12.4. The highest BCUT2D eigenvalue weighted by atomic mass is 16.1. The van der Waals surface area contributed by atoms with Gasteiger partial charge in [-0.15, -0.1) is 0 Å². The number of hydrogen-bond acceptors (Lipinski definition) is 2. The van der Waals surface area contributed by atoms with Crippen LogP contribution in [0.2, 0.25) is 0 Å². The van der Waals surface area contributed by atoms with E-state index in [1.54, 1.807) is 0 Å². The Morgan fingerprint density at radius 1 is 1.21 bits per heavy atom. The van der Waals surface area contributed by atoms with Crippen LogP contribution in [0.25, 0.3) is 0 Å². The fourth-order valence-electron chi connectivity index (χ4n) is 3.91. The minimum atomic E-state index is 0.391. The highest BCUT2D eigenvalue weighted by Crippen LogP contribution is 2.33. The first-order valence-electron chi connectivity index (χ1n) is 8.44. The van der Waals surface area contributed by atoms with Gasteiger partial charge in [-0.2, -0.15) is 0 Å². The van der Waals surface area contributed by atoms with Gasteiger partial charge in [-0.25, -0.2) is 0 Å². The van der Waals surface area contributed by atoms with Gasteiger partial charge >= 0.3 is 0 Å². The van der Waals surface area contributed by atoms with E-state index in [-0.39, 0.29) is 0 Å². The molecular formula is C17H31NO. The minimum Gasteiger partial charge on any atom is -0.316 e. The summed E-state index contributed by atoms with van der Waals surface area (Å²) in [6.45, 7) is 6.85. The van der Waals surface area contributed by atoms with E-state index in [0.29, 0.717) is 17.6 Å². The number of carbonyl (C=O) groups excluding carboxylic acids is 1. The third-order valence-corrected chi connectivity index (χ3v) is 5.54. The molecule has 1 saturated carbocycles. The second kappa shape index (κ2) is 7.42. The number of piperidine rings is 1. The van der Waals surface area contributed by atoms with E-state index in [4.69, 9.17) is 0 Å². The van der Waals surface area contributed by atoms with Crippen LogP contribution >= 0.6 is 0 Å². The molecular weight excluding hydrogens is 234 g/mol. The summed E-state index contributed by atoms with van der Waals surface area (Å²) in [6.07, 6.45) is 9.60. The highest BCUT2D eigenvalue weighted by molar-refractivity contribution is 5.81. The highest BCUT2D eigenvalue weighted by Gasteiger charge is 2.28. The van der Waals surface area contributed by atoms with Crippen molar-refractivity contribution in [2.45, 2.75) is 65.2 Å². The van der Waals surface area contributed by atoms with Crippen molar-refractivity contribution in [3.63, 3.8) is 0 Å². The lowest BCUT2D eigenvalue weighted by Crippen LogP contribution is -2.34. The molecule has 2 unspecified atom stereocenters. The lowest BCUT2D eigenvalue weighted by molar-refractivity contribution is -0.125. The van der Waals surface area contributed by atoms with Crippen molar-refractivity contribution < 1.29 is 4.79 Å². The van der Waals surface area contributed by atoms with Crippen LogP contribution in [0, 0.1) is 23.7 Å². The van der Waals surface area contributed by atoms with Crippen molar-refractivity contribution in [1.82, 2.24) is 5.32 Å². The summed E-state index contributed by atoms with van der Waals surface area (Å²) in [7, 11) is 0. The van der Waals surface area contributed by atoms with Crippen LogP contribution in [0.5, 0.6) is 0 Å². The van der Waals surface area contributed by atoms with E-state index in [1.807, 2.05) is 0 Å². The van der Waals surface area contributed by atoms with Gasteiger partial charge in [0.05, 0.1) is 0 Å². The SMILES string of the molecule is CCC1CCC(C(=O)CC(C)C2CCCNC2)CC1. The fraction of sp³-hybridized carbons (Fsp3) is 0.941. The molecule has 2 heteroatoms. The molecule has 110 valence electrons. The molecule has 0 amide bonds. The van der Waals surface area contributed by atoms with Crippen molar-refractivity contribution in [2.75, 3.05) is 13.1 Å². The molecule has 0 aromatic carbocycles. The van der Waals surface area contributed by atoms with Crippen molar-refractivity contribution in [3.05, 3.63) is 0 Å². The summed E-state index contributed by atoms with van der Waals surface area (Å²) < 4.78 is 0. The number of hydrogen-bond donors (Lipinski definition) is 1. The molecule has 19 heavy (non-hydrogen) atoms. The summed E-state index contributed by atoms with van der Waals surface area (Å²) in [5.74, 6) is 3.15. The Kier molecular flexibility index (Phi) is 5.87. The monoisotopic (exact) mass is 265 g/mol. The Labute approximate surface area is 118 Å². The first kappa shape index (κ1) is 15.0. The van der Waals surface area contributed by atoms with Gasteiger partial charge in [0.1, 0.15) is 5.78 Å². The molecule has 2 atom stereocenters. The summed E-state index contributed by atoms with van der Waals surface area (Å²) >= 11 is 0. The Hall–Kier alpha value is -0.370.